The molecule has 0 fully saturated rings. The van der Waals surface area contributed by atoms with Gasteiger partial charge in [-0.25, -0.2) is 0 Å². The van der Waals surface area contributed by atoms with Crippen LogP contribution in [-0.4, -0.2) is 13.0 Å². The molecule has 0 aromatic heterocycles. The third-order valence-electron chi connectivity index (χ3n) is 4.35. The molecule has 4 nitrogen and oxygen atoms in total. The number of hydrogen-bond donors (Lipinski definition) is 1. The molecule has 0 heterocycles. The summed E-state index contributed by atoms with van der Waals surface area (Å²) < 4.78 is 5.23. The molecular weight excluding hydrogens is 324 g/mol. The van der Waals surface area contributed by atoms with Crippen LogP contribution >= 0.6 is 0 Å². The number of nitrogens with two attached hydrogens (primary N) is 1. The largest absolute Gasteiger partial charge is 0.497 e. The molecule has 1 unspecified atom stereocenters. The van der Waals surface area contributed by atoms with Gasteiger partial charge in [0.25, 0.3) is 0 Å². The van der Waals surface area contributed by atoms with Gasteiger partial charge in [0.1, 0.15) is 5.75 Å². The molecule has 4 heteroatoms. The predicted octanol–water partition coefficient (Wildman–Crippen LogP) is 4.75. The molecule has 0 saturated heterocycles. The molecule has 0 aliphatic carbocycles. The first-order valence-corrected chi connectivity index (χ1v) is 8.48. The molecule has 3 aromatic carbocycles. The average molecular weight is 346 g/mol. The molecule has 3 aromatic rings. The maximum absolute atomic E-state index is 13.4. The van der Waals surface area contributed by atoms with Crippen LogP contribution in [0.25, 0.3) is 0 Å². The minimum absolute atomic E-state index is 0.0213. The van der Waals surface area contributed by atoms with E-state index in [-0.39, 0.29) is 11.8 Å². The third-order valence-corrected chi connectivity index (χ3v) is 4.35. The zero-order valence-electron chi connectivity index (χ0n) is 14.9. The van der Waals surface area contributed by atoms with E-state index in [2.05, 4.69) is 0 Å². The Labute approximate surface area is 153 Å². The van der Waals surface area contributed by atoms with Gasteiger partial charge in [-0.3, -0.25) is 9.69 Å². The van der Waals surface area contributed by atoms with Crippen LogP contribution < -0.4 is 15.4 Å². The van der Waals surface area contributed by atoms with Crippen LogP contribution in [0.4, 0.5) is 17.1 Å². The number of ether oxygens (including phenoxy) is 1. The van der Waals surface area contributed by atoms with Crippen LogP contribution in [-0.2, 0) is 4.79 Å². The quantitative estimate of drug-likeness (QED) is 0.679. The summed E-state index contributed by atoms with van der Waals surface area (Å²) in [5.74, 6) is 0.427. The van der Waals surface area contributed by atoms with Crippen molar-refractivity contribution in [3.05, 3.63) is 84.4 Å². The lowest BCUT2D eigenvalue weighted by Crippen LogP contribution is -2.30. The molecular formula is C22H22N2O2. The van der Waals surface area contributed by atoms with E-state index in [1.165, 1.54) is 0 Å². The van der Waals surface area contributed by atoms with Crippen molar-refractivity contribution in [3.63, 3.8) is 0 Å². The Kier molecular flexibility index (Phi) is 5.23. The zero-order valence-corrected chi connectivity index (χ0v) is 14.9. The highest BCUT2D eigenvalue weighted by molar-refractivity contribution is 6.04. The van der Waals surface area contributed by atoms with Crippen molar-refractivity contribution in [3.8, 4) is 5.75 Å². The summed E-state index contributed by atoms with van der Waals surface area (Å²) in [4.78, 5) is 15.1. The molecule has 0 radical (unpaired) electrons. The van der Waals surface area contributed by atoms with Gasteiger partial charge in [0.05, 0.1) is 18.7 Å². The Morgan fingerprint density at radius 1 is 0.923 bits per heavy atom. The van der Waals surface area contributed by atoms with Crippen LogP contribution in [0, 0.1) is 0 Å². The van der Waals surface area contributed by atoms with E-state index in [0.717, 1.165) is 22.7 Å². The Morgan fingerprint density at radius 2 is 1.62 bits per heavy atom. The summed E-state index contributed by atoms with van der Waals surface area (Å²) in [5, 5.41) is 0. The molecule has 0 saturated carbocycles. The van der Waals surface area contributed by atoms with Gasteiger partial charge in [0, 0.05) is 11.4 Å². The maximum Gasteiger partial charge on any atom is 0.238 e. The number of carbonyl (C=O) groups is 1. The maximum atomic E-state index is 13.4. The van der Waals surface area contributed by atoms with Crippen molar-refractivity contribution in [2.45, 2.75) is 12.8 Å². The summed E-state index contributed by atoms with van der Waals surface area (Å²) in [5.41, 5.74) is 9.04. The highest BCUT2D eigenvalue weighted by Gasteiger charge is 2.25. The zero-order chi connectivity index (χ0) is 18.5. The molecule has 1 amide bonds. The molecule has 2 N–H and O–H groups in total. The molecule has 0 bridgehead atoms. The molecule has 26 heavy (non-hydrogen) atoms. The summed E-state index contributed by atoms with van der Waals surface area (Å²) in [7, 11) is 1.62. The Hall–Kier alpha value is -3.27. The summed E-state index contributed by atoms with van der Waals surface area (Å²) >= 11 is 0. The average Bonchev–Trinajstić information content (AvgIpc) is 2.69. The van der Waals surface area contributed by atoms with Gasteiger partial charge >= 0.3 is 0 Å². The first kappa shape index (κ1) is 17.5. The first-order valence-electron chi connectivity index (χ1n) is 8.48. The smallest absolute Gasteiger partial charge is 0.238 e. The summed E-state index contributed by atoms with van der Waals surface area (Å²) in [6.45, 7) is 1.92. The van der Waals surface area contributed by atoms with Crippen molar-refractivity contribution < 1.29 is 9.53 Å². The standard InChI is InChI=1S/C22H22N2O2/c1-16(17-7-4-3-5-8-17)22(25)24(20-10-6-9-18(23)15-20)19-11-13-21(26-2)14-12-19/h3-16H,23H2,1-2H3. The van der Waals surface area contributed by atoms with Gasteiger partial charge in [0.2, 0.25) is 5.91 Å². The number of methoxy groups -OCH3 is 1. The highest BCUT2D eigenvalue weighted by atomic mass is 16.5. The molecule has 0 aliphatic rings. The van der Waals surface area contributed by atoms with Gasteiger partial charge in [0.15, 0.2) is 0 Å². The van der Waals surface area contributed by atoms with E-state index in [1.807, 2.05) is 73.7 Å². The Bertz CT molecular complexity index is 876. The number of nitrogen functional groups attached to an aromatic ring is 1. The lowest BCUT2D eigenvalue weighted by Gasteiger charge is -2.27. The van der Waals surface area contributed by atoms with E-state index in [0.29, 0.717) is 5.69 Å². The van der Waals surface area contributed by atoms with Crippen LogP contribution in [0.5, 0.6) is 5.75 Å². The first-order chi connectivity index (χ1) is 12.6. The van der Waals surface area contributed by atoms with Crippen molar-refractivity contribution in [1.82, 2.24) is 0 Å². The fraction of sp³-hybridized carbons (Fsp3) is 0.136. The van der Waals surface area contributed by atoms with Gasteiger partial charge < -0.3 is 10.5 Å². The second-order valence-corrected chi connectivity index (χ2v) is 6.10. The van der Waals surface area contributed by atoms with E-state index in [4.69, 9.17) is 10.5 Å². The second kappa shape index (κ2) is 7.74. The van der Waals surface area contributed by atoms with Crippen LogP contribution in [0.1, 0.15) is 18.4 Å². The molecule has 3 rings (SSSR count). The van der Waals surface area contributed by atoms with E-state index in [1.54, 1.807) is 24.1 Å². The Balaban J connectivity index is 2.03. The monoisotopic (exact) mass is 346 g/mol. The molecule has 0 spiro atoms. The minimum atomic E-state index is -0.292. The number of rotatable bonds is 5. The topological polar surface area (TPSA) is 55.6 Å². The molecule has 0 aliphatic heterocycles. The minimum Gasteiger partial charge on any atom is -0.497 e. The van der Waals surface area contributed by atoms with Crippen molar-refractivity contribution in [1.29, 1.82) is 0 Å². The fourth-order valence-electron chi connectivity index (χ4n) is 2.88. The normalized spacial score (nSPS) is 11.6. The van der Waals surface area contributed by atoms with Crippen molar-refractivity contribution in [2.24, 2.45) is 0 Å². The number of hydrogen-bond acceptors (Lipinski definition) is 3. The summed E-state index contributed by atoms with van der Waals surface area (Å²) in [6.07, 6.45) is 0. The van der Waals surface area contributed by atoms with Crippen molar-refractivity contribution in [2.75, 3.05) is 17.7 Å². The van der Waals surface area contributed by atoms with Crippen LogP contribution in [0.15, 0.2) is 78.9 Å². The third kappa shape index (κ3) is 3.70. The fourth-order valence-corrected chi connectivity index (χ4v) is 2.88. The van der Waals surface area contributed by atoms with Gasteiger partial charge in [-0.15, -0.1) is 0 Å². The predicted molar refractivity (Wildman–Crippen MR) is 106 cm³/mol. The van der Waals surface area contributed by atoms with Gasteiger partial charge in [-0.05, 0) is 55.0 Å². The SMILES string of the molecule is COc1ccc(N(C(=O)C(C)c2ccccc2)c2cccc(N)c2)cc1. The molecule has 132 valence electrons. The number of nitrogens with zero attached hydrogens (tertiary/aromatic N) is 1. The van der Waals surface area contributed by atoms with E-state index in [9.17, 15) is 4.79 Å². The van der Waals surface area contributed by atoms with Gasteiger partial charge in [-0.2, -0.15) is 0 Å². The number of carbonyl (C=O) groups excluding carboxylic acids is 1. The second-order valence-electron chi connectivity index (χ2n) is 6.10. The van der Waals surface area contributed by atoms with Crippen LogP contribution in [0.3, 0.4) is 0 Å². The van der Waals surface area contributed by atoms with E-state index < -0.39 is 0 Å². The van der Waals surface area contributed by atoms with Gasteiger partial charge in [-0.1, -0.05) is 36.4 Å². The van der Waals surface area contributed by atoms with E-state index >= 15 is 0 Å². The Morgan fingerprint density at radius 3 is 2.23 bits per heavy atom. The lowest BCUT2D eigenvalue weighted by atomic mass is 9.99. The summed E-state index contributed by atoms with van der Waals surface area (Å²) in [6, 6.07) is 24.5. The number of amides is 1. The highest BCUT2D eigenvalue weighted by Crippen LogP contribution is 2.32. The number of anilines is 3. The number of benzene rings is 3. The lowest BCUT2D eigenvalue weighted by molar-refractivity contribution is -0.119. The van der Waals surface area contributed by atoms with Crippen LogP contribution in [0.2, 0.25) is 0 Å². The van der Waals surface area contributed by atoms with Crippen molar-refractivity contribution >= 4 is 23.0 Å². The molecule has 1 atom stereocenters.